The van der Waals surface area contributed by atoms with Gasteiger partial charge in [-0.05, 0) is 5.56 Å². The Bertz CT molecular complexity index is 1840. The topological polar surface area (TPSA) is 181 Å². The van der Waals surface area contributed by atoms with Crippen LogP contribution >= 0.6 is 0 Å². The molecule has 6 heterocycles. The lowest BCUT2D eigenvalue weighted by molar-refractivity contribution is -0.386. The predicted octanol–water partition coefficient (Wildman–Crippen LogP) is 7.62. The van der Waals surface area contributed by atoms with Crippen molar-refractivity contribution in [2.24, 2.45) is 0 Å². The summed E-state index contributed by atoms with van der Waals surface area (Å²) in [5, 5.41) is 35.2. The van der Waals surface area contributed by atoms with Gasteiger partial charge >= 0.3 is 25.7 Å². The molecular weight excluding hydrogens is 941 g/mol. The third kappa shape index (κ3) is 9.99. The van der Waals surface area contributed by atoms with Crippen LogP contribution in [0.25, 0.3) is 0 Å². The van der Waals surface area contributed by atoms with Crippen LogP contribution in [0.15, 0.2) is 30.3 Å². The van der Waals surface area contributed by atoms with E-state index in [-0.39, 0.29) is 36.5 Å². The zero-order chi connectivity index (χ0) is 51.3. The Hall–Kier alpha value is -0.769. The molecule has 69 heavy (non-hydrogen) atoms. The second-order valence-electron chi connectivity index (χ2n) is 26.3. The molecule has 1 aromatic rings. The summed E-state index contributed by atoms with van der Waals surface area (Å²) in [6.45, 7) is 38.8. The van der Waals surface area contributed by atoms with Crippen LogP contribution in [-0.2, 0) is 66.3 Å². The average molecular weight is 1030 g/mol. The SMILES string of the molecule is CO[C@H]1O[C@@H]2CO[Si](C(C)(C)C)(C(C)(C)C)O[C@H]2[C@H](O[C@H]2O[C@@H]3CO[Si](C(C)(C)C)(C(C)(C)C)O[C@H]3[C@H](O[C@H]3O[C@@H]4CO[Si](C(C)(C)C)(C(C)(C)C)O[C@H]4[C@H](OCc4ccccc4)[C@H]3O)[C@H]2O)[C@H]1O. The molecule has 6 saturated heterocycles. The van der Waals surface area contributed by atoms with Gasteiger partial charge in [-0.15, -0.1) is 0 Å². The van der Waals surface area contributed by atoms with Gasteiger partial charge < -0.3 is 75.0 Å². The first kappa shape index (κ1) is 56.0. The maximum atomic E-state index is 12.9. The van der Waals surface area contributed by atoms with Gasteiger partial charge in [0.1, 0.15) is 73.2 Å². The normalized spacial score (nSPS) is 38.7. The van der Waals surface area contributed by atoms with E-state index in [4.69, 9.17) is 59.7 Å². The largest absolute Gasteiger partial charge is 0.391 e. The Kier molecular flexibility index (Phi) is 15.8. The van der Waals surface area contributed by atoms with Crippen molar-refractivity contribution in [1.82, 2.24) is 0 Å². The molecule has 0 saturated carbocycles. The summed E-state index contributed by atoms with van der Waals surface area (Å²) in [5.41, 5.74) is 0.919. The van der Waals surface area contributed by atoms with Gasteiger partial charge in [0.2, 0.25) is 0 Å². The summed E-state index contributed by atoms with van der Waals surface area (Å²) in [4.78, 5) is 0. The third-order valence-electron chi connectivity index (χ3n) is 15.1. The number of hydrogen-bond donors (Lipinski definition) is 3. The van der Waals surface area contributed by atoms with Crippen molar-refractivity contribution in [2.45, 2.75) is 254 Å². The molecule has 0 spiro atoms. The Morgan fingerprint density at radius 1 is 0.464 bits per heavy atom. The molecule has 0 unspecified atom stereocenters. The summed E-state index contributed by atoms with van der Waals surface area (Å²) < 4.78 is 88.2. The van der Waals surface area contributed by atoms with Gasteiger partial charge in [-0.3, -0.25) is 0 Å². The molecule has 15 atom stereocenters. The first-order valence-corrected chi connectivity index (χ1v) is 30.5. The van der Waals surface area contributed by atoms with Gasteiger partial charge in [0, 0.05) is 37.3 Å². The van der Waals surface area contributed by atoms with Crippen LogP contribution in [0, 0.1) is 0 Å². The van der Waals surface area contributed by atoms with Crippen LogP contribution in [0.5, 0.6) is 0 Å². The van der Waals surface area contributed by atoms with Crippen LogP contribution in [0.3, 0.4) is 0 Å². The Morgan fingerprint density at radius 2 is 0.768 bits per heavy atom. The summed E-state index contributed by atoms with van der Waals surface area (Å²) in [7, 11) is -8.01. The highest BCUT2D eigenvalue weighted by Gasteiger charge is 2.69. The maximum Gasteiger partial charge on any atom is 0.349 e. The van der Waals surface area contributed by atoms with Gasteiger partial charge in [-0.1, -0.05) is 155 Å². The predicted molar refractivity (Wildman–Crippen MR) is 264 cm³/mol. The summed E-state index contributed by atoms with van der Waals surface area (Å²) in [6.07, 6.45) is -16.1. The standard InChI is InChI=1S/C50H88O16Si3/c1-45(2,3)67(46(4,5)6)56-26-30-36(64-67)39(55-25-29-23-21-20-22-24-29)33(51)43(60-30)63-41-35(53)44(61-32-28-58-69(49(13,14)15,50(16,17)18)66-38(32)41)62-40-34(52)42(54-19)59-31-27-57-68(47(7,8)9,48(10,11)12)65-37(31)40/h20-24,30-44,51-53H,25-28H2,1-19H3/t30-,31-,32-,33-,34-,35-,36-,37-,38-,39-,40-,41-,42+,43-,44-/m1/s1. The number of aliphatic hydroxyl groups excluding tert-OH is 3. The van der Waals surface area contributed by atoms with E-state index in [1.165, 1.54) is 7.11 Å². The van der Waals surface area contributed by atoms with E-state index in [0.717, 1.165) is 5.56 Å². The lowest BCUT2D eigenvalue weighted by Gasteiger charge is -2.60. The maximum absolute atomic E-state index is 12.9. The minimum absolute atomic E-state index is 0.102. The molecule has 0 aliphatic carbocycles. The molecule has 0 aromatic heterocycles. The van der Waals surface area contributed by atoms with Crippen molar-refractivity contribution < 1.29 is 75.0 Å². The molecule has 0 bridgehead atoms. The van der Waals surface area contributed by atoms with Crippen LogP contribution in [0.2, 0.25) is 30.2 Å². The summed E-state index contributed by atoms with van der Waals surface area (Å²) in [6, 6.07) is 9.78. The van der Waals surface area contributed by atoms with E-state index in [1.807, 2.05) is 30.3 Å². The number of fused-ring (bicyclic) bond motifs is 3. The molecule has 16 nitrogen and oxygen atoms in total. The summed E-state index contributed by atoms with van der Waals surface area (Å²) in [5.74, 6) is 0. The third-order valence-corrected chi connectivity index (χ3v) is 30.5. The van der Waals surface area contributed by atoms with E-state index in [9.17, 15) is 15.3 Å². The quantitative estimate of drug-likeness (QED) is 0.216. The van der Waals surface area contributed by atoms with Gasteiger partial charge in [0.25, 0.3) is 0 Å². The number of hydrogen-bond acceptors (Lipinski definition) is 16. The van der Waals surface area contributed by atoms with Crippen molar-refractivity contribution >= 4 is 25.7 Å². The van der Waals surface area contributed by atoms with Gasteiger partial charge in [-0.2, -0.15) is 0 Å². The molecule has 396 valence electrons. The van der Waals surface area contributed by atoms with E-state index >= 15 is 0 Å². The number of benzene rings is 1. The van der Waals surface area contributed by atoms with Crippen molar-refractivity contribution in [3.05, 3.63) is 35.9 Å². The molecule has 3 N–H and O–H groups in total. The summed E-state index contributed by atoms with van der Waals surface area (Å²) >= 11 is 0. The van der Waals surface area contributed by atoms with Crippen LogP contribution in [0.4, 0.5) is 0 Å². The molecule has 6 aliphatic rings. The molecular formula is C50H88O16Si3. The highest BCUT2D eigenvalue weighted by atomic mass is 28.4. The molecule has 1 aromatic carbocycles. The van der Waals surface area contributed by atoms with E-state index in [2.05, 4.69) is 125 Å². The van der Waals surface area contributed by atoms with E-state index in [0.29, 0.717) is 0 Å². The second kappa shape index (κ2) is 19.4. The molecule has 0 radical (unpaired) electrons. The van der Waals surface area contributed by atoms with Crippen molar-refractivity contribution in [1.29, 1.82) is 0 Å². The molecule has 6 fully saturated rings. The fraction of sp³-hybridized carbons (Fsp3) is 0.880. The first-order valence-electron chi connectivity index (χ1n) is 25.1. The first-order chi connectivity index (χ1) is 31.6. The molecule has 6 aliphatic heterocycles. The minimum atomic E-state index is -3.23. The van der Waals surface area contributed by atoms with Crippen molar-refractivity contribution in [3.8, 4) is 0 Å². The van der Waals surface area contributed by atoms with Crippen LogP contribution in [0.1, 0.15) is 130 Å². The molecule has 19 heteroatoms. The van der Waals surface area contributed by atoms with Crippen molar-refractivity contribution in [2.75, 3.05) is 26.9 Å². The van der Waals surface area contributed by atoms with Crippen molar-refractivity contribution in [3.63, 3.8) is 0 Å². The smallest absolute Gasteiger partial charge is 0.349 e. The minimum Gasteiger partial charge on any atom is -0.391 e. The number of ether oxygens (including phenoxy) is 7. The monoisotopic (exact) mass is 1030 g/mol. The Morgan fingerprint density at radius 3 is 1.10 bits per heavy atom. The van der Waals surface area contributed by atoms with Crippen LogP contribution in [-0.4, -0.2) is 160 Å². The van der Waals surface area contributed by atoms with E-state index in [1.54, 1.807) is 0 Å². The van der Waals surface area contributed by atoms with E-state index < -0.39 is 138 Å². The number of rotatable bonds is 8. The van der Waals surface area contributed by atoms with Crippen LogP contribution < -0.4 is 0 Å². The average Bonchev–Trinajstić information content (AvgIpc) is 3.23. The zero-order valence-corrected chi connectivity index (χ0v) is 48.0. The van der Waals surface area contributed by atoms with Gasteiger partial charge in [0.05, 0.1) is 26.4 Å². The number of aliphatic hydroxyl groups is 3. The molecule has 7 rings (SSSR count). The fourth-order valence-electron chi connectivity index (χ4n) is 12.5. The lowest BCUT2D eigenvalue weighted by atomic mass is 9.95. The second-order valence-corrected chi connectivity index (χ2v) is 40.6. The Balaban J connectivity index is 1.26. The number of methoxy groups -OCH3 is 1. The fourth-order valence-corrected chi connectivity index (χ4v) is 27.4. The zero-order valence-electron chi connectivity index (χ0n) is 45.0. The lowest BCUT2D eigenvalue weighted by Crippen LogP contribution is -2.75. The molecule has 0 amide bonds. The van der Waals surface area contributed by atoms with Gasteiger partial charge in [-0.25, -0.2) is 0 Å². The van der Waals surface area contributed by atoms with Gasteiger partial charge in [0.15, 0.2) is 18.9 Å². The Labute approximate surface area is 415 Å². The highest BCUT2D eigenvalue weighted by molar-refractivity contribution is 6.74. The highest BCUT2D eigenvalue weighted by Crippen LogP contribution is 2.59.